The lowest BCUT2D eigenvalue weighted by atomic mass is 9.89. The van der Waals surface area contributed by atoms with Crippen LogP contribution in [0.25, 0.3) is 0 Å². The summed E-state index contributed by atoms with van der Waals surface area (Å²) in [5.74, 6) is 0.921. The van der Waals surface area contributed by atoms with Gasteiger partial charge >= 0.3 is 0 Å². The normalized spacial score (nSPS) is 17.6. The van der Waals surface area contributed by atoms with Crippen molar-refractivity contribution >= 4 is 0 Å². The summed E-state index contributed by atoms with van der Waals surface area (Å²) in [7, 11) is 0. The zero-order valence-electron chi connectivity index (χ0n) is 10.8. The van der Waals surface area contributed by atoms with Crippen LogP contribution in [0.2, 0.25) is 0 Å². The van der Waals surface area contributed by atoms with Gasteiger partial charge in [-0.05, 0) is 38.6 Å². The molecule has 1 aliphatic rings. The minimum Gasteiger partial charge on any atom is -0.380 e. The quantitative estimate of drug-likeness (QED) is 0.506. The third-order valence-electron chi connectivity index (χ3n) is 3.25. The smallest absolute Gasteiger partial charge is 0.0591 e. The fourth-order valence-corrected chi connectivity index (χ4v) is 2.19. The molecule has 2 heteroatoms. The third kappa shape index (κ3) is 7.02. The second kappa shape index (κ2) is 8.77. The predicted molar refractivity (Wildman–Crippen MR) is 69.7 cm³/mol. The lowest BCUT2D eigenvalue weighted by Crippen LogP contribution is -2.27. The van der Waals surface area contributed by atoms with E-state index in [1.807, 2.05) is 6.92 Å². The molecule has 0 saturated heterocycles. The molecule has 0 radical (unpaired) electrons. The van der Waals surface area contributed by atoms with Crippen molar-refractivity contribution in [2.24, 2.45) is 5.92 Å². The highest BCUT2D eigenvalue weighted by molar-refractivity contribution is 4.87. The molecule has 0 aliphatic heterocycles. The Morgan fingerprint density at radius 2 is 2.00 bits per heavy atom. The largest absolute Gasteiger partial charge is 0.380 e. The van der Waals surface area contributed by atoms with E-state index < -0.39 is 0 Å². The van der Waals surface area contributed by atoms with E-state index in [9.17, 15) is 0 Å². The van der Waals surface area contributed by atoms with Crippen molar-refractivity contribution in [2.45, 2.75) is 45.4 Å². The highest BCUT2D eigenvalue weighted by Gasteiger charge is 2.12. The van der Waals surface area contributed by atoms with Crippen molar-refractivity contribution in [3.8, 4) is 0 Å². The average molecular weight is 225 g/mol. The first-order chi connectivity index (χ1) is 7.79. The maximum atomic E-state index is 5.51. The zero-order valence-corrected chi connectivity index (χ0v) is 10.8. The van der Waals surface area contributed by atoms with Gasteiger partial charge in [0.05, 0.1) is 13.2 Å². The molecule has 1 aliphatic carbocycles. The summed E-state index contributed by atoms with van der Waals surface area (Å²) in [6.45, 7) is 9.73. The van der Waals surface area contributed by atoms with Crippen molar-refractivity contribution in [3.63, 3.8) is 0 Å². The van der Waals surface area contributed by atoms with Crippen LogP contribution in [-0.2, 0) is 4.74 Å². The molecular formula is C14H27NO. The molecule has 0 aromatic rings. The molecule has 0 bridgehead atoms. The zero-order chi connectivity index (χ0) is 11.6. The first-order valence-corrected chi connectivity index (χ1v) is 6.72. The molecule has 0 unspecified atom stereocenters. The van der Waals surface area contributed by atoms with E-state index in [2.05, 4.69) is 11.9 Å². The van der Waals surface area contributed by atoms with Gasteiger partial charge in [0.2, 0.25) is 0 Å². The van der Waals surface area contributed by atoms with Crippen molar-refractivity contribution in [2.75, 3.05) is 26.3 Å². The second-order valence-electron chi connectivity index (χ2n) is 5.03. The molecule has 0 atom stereocenters. The summed E-state index contributed by atoms with van der Waals surface area (Å²) in [4.78, 5) is 0. The van der Waals surface area contributed by atoms with E-state index in [1.54, 1.807) is 0 Å². The maximum absolute atomic E-state index is 5.51. The summed E-state index contributed by atoms with van der Waals surface area (Å²) < 4.78 is 5.51. The molecule has 0 heterocycles. The van der Waals surface area contributed by atoms with Gasteiger partial charge in [-0.3, -0.25) is 0 Å². The molecule has 0 spiro atoms. The van der Waals surface area contributed by atoms with Crippen LogP contribution in [0.1, 0.15) is 45.4 Å². The molecule has 94 valence electrons. The second-order valence-corrected chi connectivity index (χ2v) is 5.03. The Morgan fingerprint density at radius 3 is 2.69 bits per heavy atom. The molecule has 16 heavy (non-hydrogen) atoms. The van der Waals surface area contributed by atoms with Crippen molar-refractivity contribution in [1.29, 1.82) is 0 Å². The highest BCUT2D eigenvalue weighted by atomic mass is 16.5. The summed E-state index contributed by atoms with van der Waals surface area (Å²) in [5, 5.41) is 3.50. The van der Waals surface area contributed by atoms with Gasteiger partial charge in [-0.15, -0.1) is 6.58 Å². The van der Waals surface area contributed by atoms with Crippen LogP contribution in [0.4, 0.5) is 0 Å². The lowest BCUT2D eigenvalue weighted by molar-refractivity contribution is 0.137. The topological polar surface area (TPSA) is 21.3 Å². The summed E-state index contributed by atoms with van der Waals surface area (Å²) >= 11 is 0. The Bertz CT molecular complexity index is 185. The van der Waals surface area contributed by atoms with Crippen LogP contribution < -0.4 is 5.32 Å². The molecule has 1 saturated carbocycles. The van der Waals surface area contributed by atoms with Crippen LogP contribution in [0.15, 0.2) is 12.2 Å². The molecule has 1 N–H and O–H groups in total. The van der Waals surface area contributed by atoms with E-state index in [-0.39, 0.29) is 0 Å². The van der Waals surface area contributed by atoms with E-state index in [0.717, 1.165) is 32.1 Å². The third-order valence-corrected chi connectivity index (χ3v) is 3.25. The Morgan fingerprint density at radius 1 is 1.25 bits per heavy atom. The molecule has 0 aromatic heterocycles. The summed E-state index contributed by atoms with van der Waals surface area (Å²) in [6.07, 6.45) is 8.14. The monoisotopic (exact) mass is 225 g/mol. The maximum Gasteiger partial charge on any atom is 0.0591 e. The van der Waals surface area contributed by atoms with Crippen LogP contribution in [-0.4, -0.2) is 26.3 Å². The minimum atomic E-state index is 0.820. The first kappa shape index (κ1) is 13.7. The first-order valence-electron chi connectivity index (χ1n) is 6.72. The molecule has 1 rings (SSSR count). The number of ether oxygens (including phenoxy) is 1. The van der Waals surface area contributed by atoms with E-state index in [4.69, 9.17) is 4.74 Å². The number of hydrogen-bond acceptors (Lipinski definition) is 2. The van der Waals surface area contributed by atoms with Crippen molar-refractivity contribution < 1.29 is 4.74 Å². The van der Waals surface area contributed by atoms with Gasteiger partial charge in [-0.2, -0.15) is 0 Å². The van der Waals surface area contributed by atoms with Crippen molar-refractivity contribution in [1.82, 2.24) is 5.32 Å². The van der Waals surface area contributed by atoms with Gasteiger partial charge in [0, 0.05) is 6.54 Å². The Balaban J connectivity index is 1.82. The standard InChI is InChI=1S/C14H27NO/c1-13(2)8-10-16-11-9-15-12-14-6-4-3-5-7-14/h14-15H,1,3-12H2,2H3. The number of nitrogens with one attached hydrogen (secondary N) is 1. The van der Waals surface area contributed by atoms with Gasteiger partial charge in [0.25, 0.3) is 0 Å². The van der Waals surface area contributed by atoms with Crippen LogP contribution >= 0.6 is 0 Å². The Hall–Kier alpha value is -0.340. The van der Waals surface area contributed by atoms with E-state index >= 15 is 0 Å². The fraction of sp³-hybridized carbons (Fsp3) is 0.857. The fourth-order valence-electron chi connectivity index (χ4n) is 2.19. The lowest BCUT2D eigenvalue weighted by Gasteiger charge is -2.21. The van der Waals surface area contributed by atoms with Crippen LogP contribution in [0, 0.1) is 5.92 Å². The summed E-state index contributed by atoms with van der Waals surface area (Å²) in [5.41, 5.74) is 1.20. The van der Waals surface area contributed by atoms with Crippen LogP contribution in [0.5, 0.6) is 0 Å². The molecular weight excluding hydrogens is 198 g/mol. The molecule has 1 fully saturated rings. The van der Waals surface area contributed by atoms with E-state index in [1.165, 1.54) is 44.2 Å². The van der Waals surface area contributed by atoms with Gasteiger partial charge in [0.15, 0.2) is 0 Å². The Labute approximate surface area is 100 Å². The number of hydrogen-bond donors (Lipinski definition) is 1. The van der Waals surface area contributed by atoms with Gasteiger partial charge < -0.3 is 10.1 Å². The molecule has 0 aromatic carbocycles. The number of rotatable bonds is 8. The van der Waals surface area contributed by atoms with Gasteiger partial charge in [-0.1, -0.05) is 24.8 Å². The van der Waals surface area contributed by atoms with Gasteiger partial charge in [-0.25, -0.2) is 0 Å². The summed E-state index contributed by atoms with van der Waals surface area (Å²) in [6, 6.07) is 0. The average Bonchev–Trinajstić information content (AvgIpc) is 2.29. The predicted octanol–water partition coefficient (Wildman–Crippen LogP) is 3.14. The van der Waals surface area contributed by atoms with Crippen LogP contribution in [0.3, 0.4) is 0 Å². The van der Waals surface area contributed by atoms with E-state index in [0.29, 0.717) is 0 Å². The molecule has 0 amide bonds. The SMILES string of the molecule is C=C(C)CCOCCNCC1CCCCC1. The highest BCUT2D eigenvalue weighted by Crippen LogP contribution is 2.22. The van der Waals surface area contributed by atoms with Gasteiger partial charge in [0.1, 0.15) is 0 Å². The van der Waals surface area contributed by atoms with Crippen molar-refractivity contribution in [3.05, 3.63) is 12.2 Å². The minimum absolute atomic E-state index is 0.820. The Kier molecular flexibility index (Phi) is 7.52. The molecule has 2 nitrogen and oxygen atoms in total.